The Balaban J connectivity index is 1.69. The van der Waals surface area contributed by atoms with E-state index in [4.69, 9.17) is 21.7 Å². The van der Waals surface area contributed by atoms with E-state index in [0.717, 1.165) is 17.8 Å². The molecule has 1 aromatic carbocycles. The zero-order valence-corrected chi connectivity index (χ0v) is 17.2. The minimum absolute atomic E-state index is 0.191. The van der Waals surface area contributed by atoms with Crippen molar-refractivity contribution in [3.63, 3.8) is 0 Å². The van der Waals surface area contributed by atoms with Crippen molar-refractivity contribution in [2.45, 2.75) is 13.0 Å². The molecule has 154 valence electrons. The first-order valence-corrected chi connectivity index (χ1v) is 9.85. The maximum atomic E-state index is 12.7. The van der Waals surface area contributed by atoms with Gasteiger partial charge in [-0.1, -0.05) is 30.1 Å². The van der Waals surface area contributed by atoms with Gasteiger partial charge in [-0.25, -0.2) is 4.79 Å². The summed E-state index contributed by atoms with van der Waals surface area (Å²) in [5.41, 5.74) is -0.0950. The van der Waals surface area contributed by atoms with Crippen LogP contribution < -0.4 is 5.32 Å². The molecule has 2 amide bonds. The molecule has 1 saturated heterocycles. The second-order valence-electron chi connectivity index (χ2n) is 6.15. The van der Waals surface area contributed by atoms with E-state index in [9.17, 15) is 19.5 Å². The number of thiocarbonyl (C=S) groups is 1. The fourth-order valence-corrected chi connectivity index (χ4v) is 3.97. The summed E-state index contributed by atoms with van der Waals surface area (Å²) in [5.74, 6) is -2.08. The molecule has 10 heteroatoms. The summed E-state index contributed by atoms with van der Waals surface area (Å²) >= 11 is 6.33. The lowest BCUT2D eigenvalue weighted by Gasteiger charge is -2.22. The van der Waals surface area contributed by atoms with Crippen molar-refractivity contribution in [3.05, 3.63) is 65.0 Å². The van der Waals surface area contributed by atoms with Gasteiger partial charge in [-0.2, -0.15) is 0 Å². The first-order valence-electron chi connectivity index (χ1n) is 8.62. The quantitative estimate of drug-likeness (QED) is 0.458. The summed E-state index contributed by atoms with van der Waals surface area (Å²) in [6.45, 7) is 1.52. The number of anilines is 1. The zero-order chi connectivity index (χ0) is 21.8. The third-order valence-corrected chi connectivity index (χ3v) is 5.49. The number of hydrogen-bond donors (Lipinski definition) is 3. The number of aromatic carboxylic acids is 1. The fraction of sp³-hybridized carbons (Fsp3) is 0.100. The van der Waals surface area contributed by atoms with Crippen LogP contribution in [0.3, 0.4) is 0 Å². The Bertz CT molecular complexity index is 1070. The maximum Gasteiger partial charge on any atom is 0.339 e. The summed E-state index contributed by atoms with van der Waals surface area (Å²) in [6, 6.07) is 6.23. The Morgan fingerprint density at radius 1 is 1.33 bits per heavy atom. The average molecular weight is 444 g/mol. The van der Waals surface area contributed by atoms with Crippen molar-refractivity contribution in [3.8, 4) is 5.75 Å². The second kappa shape index (κ2) is 8.97. The highest BCUT2D eigenvalue weighted by atomic mass is 32.2. The second-order valence-corrected chi connectivity index (χ2v) is 7.83. The number of carbonyl (C=O) groups excluding carboxylic acids is 2. The van der Waals surface area contributed by atoms with Gasteiger partial charge >= 0.3 is 5.97 Å². The van der Waals surface area contributed by atoms with Crippen LogP contribution in [0.2, 0.25) is 0 Å². The lowest BCUT2D eigenvalue weighted by Crippen LogP contribution is -2.44. The van der Waals surface area contributed by atoms with Gasteiger partial charge in [0.05, 0.1) is 11.2 Å². The minimum Gasteiger partial charge on any atom is -0.507 e. The summed E-state index contributed by atoms with van der Waals surface area (Å²) in [7, 11) is 0. The molecule has 1 aliphatic rings. The number of aromatic hydroxyl groups is 1. The Kier molecular flexibility index (Phi) is 6.38. The molecule has 3 rings (SSSR count). The molecule has 0 bridgehead atoms. The Morgan fingerprint density at radius 2 is 2.10 bits per heavy atom. The van der Waals surface area contributed by atoms with E-state index in [1.807, 2.05) is 0 Å². The van der Waals surface area contributed by atoms with E-state index in [1.54, 1.807) is 30.4 Å². The van der Waals surface area contributed by atoms with E-state index < -0.39 is 29.6 Å². The van der Waals surface area contributed by atoms with Gasteiger partial charge in [-0.05, 0) is 43.3 Å². The standard InChI is InChI=1S/C20H16N2O6S2/c1-11(17(24)21-12-7-8-14(19(26)27)15(23)10-12)22-18(25)16(30-20(22)29)6-2-4-13-5-3-9-28-13/h2-11,23H,1H3,(H,21,24)(H,26,27). The number of carbonyl (C=O) groups is 3. The molecular formula is C20H16N2O6S2. The van der Waals surface area contributed by atoms with Crippen molar-refractivity contribution < 1.29 is 29.0 Å². The van der Waals surface area contributed by atoms with E-state index in [1.165, 1.54) is 30.2 Å². The topological polar surface area (TPSA) is 120 Å². The van der Waals surface area contributed by atoms with Gasteiger partial charge in [0.2, 0.25) is 5.91 Å². The normalized spacial score (nSPS) is 16.4. The molecule has 2 aromatic rings. The minimum atomic E-state index is -1.29. The first kappa shape index (κ1) is 21.3. The van der Waals surface area contributed by atoms with Crippen LogP contribution in [0, 0.1) is 0 Å². The number of furan rings is 1. The molecule has 0 saturated carbocycles. The molecule has 1 aliphatic heterocycles. The number of carboxylic acids is 1. The smallest absolute Gasteiger partial charge is 0.339 e. The van der Waals surface area contributed by atoms with Crippen molar-refractivity contribution in [1.82, 2.24) is 4.90 Å². The van der Waals surface area contributed by atoms with Crippen LogP contribution >= 0.6 is 24.0 Å². The number of hydrogen-bond acceptors (Lipinski definition) is 7. The molecular weight excluding hydrogens is 428 g/mol. The molecule has 3 N–H and O–H groups in total. The molecule has 1 atom stereocenters. The Morgan fingerprint density at radius 3 is 2.73 bits per heavy atom. The van der Waals surface area contributed by atoms with Gasteiger partial charge in [0, 0.05) is 11.8 Å². The average Bonchev–Trinajstić information content (AvgIpc) is 3.29. The van der Waals surface area contributed by atoms with E-state index in [0.29, 0.717) is 10.7 Å². The molecule has 1 aromatic heterocycles. The van der Waals surface area contributed by atoms with Crippen LogP contribution in [0.15, 0.2) is 58.1 Å². The van der Waals surface area contributed by atoms with Crippen LogP contribution in [0.5, 0.6) is 5.75 Å². The lowest BCUT2D eigenvalue weighted by atomic mass is 10.1. The number of thioether (sulfide) groups is 1. The predicted octanol–water partition coefficient (Wildman–Crippen LogP) is 3.47. The number of nitrogens with zero attached hydrogens (tertiary/aromatic N) is 1. The SMILES string of the molecule is CC(C(=O)Nc1ccc(C(=O)O)c(O)c1)N1C(=O)C(=CC=Cc2ccco2)SC1=S. The van der Waals surface area contributed by atoms with Gasteiger partial charge in [-0.15, -0.1) is 0 Å². The number of carboxylic acid groups (broad SMARTS) is 1. The Hall–Kier alpha value is -3.37. The van der Waals surface area contributed by atoms with Crippen LogP contribution in [-0.4, -0.2) is 43.3 Å². The van der Waals surface area contributed by atoms with Crippen molar-refractivity contribution in [2.75, 3.05) is 5.32 Å². The summed E-state index contributed by atoms with van der Waals surface area (Å²) < 4.78 is 5.42. The molecule has 8 nitrogen and oxygen atoms in total. The van der Waals surface area contributed by atoms with Crippen LogP contribution in [0.4, 0.5) is 5.69 Å². The van der Waals surface area contributed by atoms with Crippen molar-refractivity contribution >= 4 is 57.8 Å². The molecule has 1 unspecified atom stereocenters. The molecule has 0 aliphatic carbocycles. The van der Waals surface area contributed by atoms with Gasteiger partial charge in [0.15, 0.2) is 0 Å². The fourth-order valence-electron chi connectivity index (χ4n) is 2.60. The molecule has 0 spiro atoms. The molecule has 1 fully saturated rings. The first-order chi connectivity index (χ1) is 14.3. The summed E-state index contributed by atoms with van der Waals surface area (Å²) in [6.07, 6.45) is 6.47. The molecule has 30 heavy (non-hydrogen) atoms. The number of amides is 2. The summed E-state index contributed by atoms with van der Waals surface area (Å²) in [4.78, 5) is 37.8. The van der Waals surface area contributed by atoms with E-state index >= 15 is 0 Å². The highest BCUT2D eigenvalue weighted by Gasteiger charge is 2.38. The number of nitrogens with one attached hydrogen (secondary N) is 1. The van der Waals surface area contributed by atoms with Crippen molar-refractivity contribution in [1.29, 1.82) is 0 Å². The zero-order valence-electron chi connectivity index (χ0n) is 15.6. The van der Waals surface area contributed by atoms with Gasteiger partial charge in [0.25, 0.3) is 5.91 Å². The number of benzene rings is 1. The number of rotatable bonds is 6. The Labute approximate surface area is 180 Å². The van der Waals surface area contributed by atoms with Gasteiger partial charge in [-0.3, -0.25) is 14.5 Å². The summed E-state index contributed by atoms with van der Waals surface area (Å²) in [5, 5.41) is 21.2. The van der Waals surface area contributed by atoms with Gasteiger partial charge in [0.1, 0.15) is 27.4 Å². The molecule has 2 heterocycles. The van der Waals surface area contributed by atoms with E-state index in [-0.39, 0.29) is 15.6 Å². The predicted molar refractivity (Wildman–Crippen MR) is 116 cm³/mol. The van der Waals surface area contributed by atoms with Crippen LogP contribution in [0.1, 0.15) is 23.0 Å². The molecule has 0 radical (unpaired) electrons. The highest BCUT2D eigenvalue weighted by Crippen LogP contribution is 2.33. The van der Waals surface area contributed by atoms with Gasteiger partial charge < -0.3 is 19.9 Å². The highest BCUT2D eigenvalue weighted by molar-refractivity contribution is 8.26. The third kappa shape index (κ3) is 4.61. The third-order valence-electron chi connectivity index (χ3n) is 4.14. The largest absolute Gasteiger partial charge is 0.507 e. The van der Waals surface area contributed by atoms with Crippen LogP contribution in [-0.2, 0) is 9.59 Å². The van der Waals surface area contributed by atoms with Crippen molar-refractivity contribution in [2.24, 2.45) is 0 Å². The number of allylic oxidation sites excluding steroid dienone is 2. The van der Waals surface area contributed by atoms with Crippen LogP contribution in [0.25, 0.3) is 6.08 Å². The number of phenols is 1. The monoisotopic (exact) mass is 444 g/mol. The van der Waals surface area contributed by atoms with E-state index in [2.05, 4.69) is 5.32 Å². The lowest BCUT2D eigenvalue weighted by molar-refractivity contribution is -0.129. The maximum absolute atomic E-state index is 12.7.